The Balaban J connectivity index is 2.12. The van der Waals surface area contributed by atoms with Gasteiger partial charge >= 0.3 is 0 Å². The van der Waals surface area contributed by atoms with Gasteiger partial charge in [0.15, 0.2) is 0 Å². The number of nitrogens with zero attached hydrogens (tertiary/aromatic N) is 2. The van der Waals surface area contributed by atoms with Gasteiger partial charge in [0, 0.05) is 6.54 Å². The topological polar surface area (TPSA) is 29.9 Å². The summed E-state index contributed by atoms with van der Waals surface area (Å²) in [5.41, 5.74) is 1.07. The molecule has 0 bridgehead atoms. The smallest absolute Gasteiger partial charge is 0.0814 e. The van der Waals surface area contributed by atoms with Crippen molar-refractivity contribution in [2.24, 2.45) is 0 Å². The monoisotopic (exact) mass is 229 g/mol. The molecule has 1 rings (SSSR count). The van der Waals surface area contributed by atoms with Crippen LogP contribution >= 0.6 is 11.6 Å². The summed E-state index contributed by atoms with van der Waals surface area (Å²) in [5, 5.41) is 8.36. The number of hydrogen-bond acceptors (Lipinski definition) is 2. The average molecular weight is 230 g/mol. The highest BCUT2D eigenvalue weighted by Crippen LogP contribution is 2.13. The van der Waals surface area contributed by atoms with Crippen LogP contribution < -0.4 is 5.32 Å². The maximum absolute atomic E-state index is 5.92. The van der Waals surface area contributed by atoms with Crippen molar-refractivity contribution < 1.29 is 0 Å². The lowest BCUT2D eigenvalue weighted by Gasteiger charge is -2.05. The van der Waals surface area contributed by atoms with Gasteiger partial charge in [-0.2, -0.15) is 5.10 Å². The Kier molecular flexibility index (Phi) is 5.73. The summed E-state index contributed by atoms with van der Waals surface area (Å²) < 4.78 is 1.97. The quantitative estimate of drug-likeness (QED) is 0.729. The molecular weight excluding hydrogens is 210 g/mol. The van der Waals surface area contributed by atoms with Crippen molar-refractivity contribution in [3.63, 3.8) is 0 Å². The van der Waals surface area contributed by atoms with E-state index in [9.17, 15) is 0 Å². The summed E-state index contributed by atoms with van der Waals surface area (Å²) in [7, 11) is 0. The molecule has 1 aromatic rings. The number of halogens is 1. The Labute approximate surface area is 96.8 Å². The van der Waals surface area contributed by atoms with Crippen molar-refractivity contribution in [3.05, 3.63) is 16.9 Å². The first-order valence-electron chi connectivity index (χ1n) is 5.64. The molecule has 1 N–H and O–H groups in total. The van der Waals surface area contributed by atoms with Crippen molar-refractivity contribution in [2.75, 3.05) is 13.1 Å². The minimum Gasteiger partial charge on any atom is -0.317 e. The van der Waals surface area contributed by atoms with Crippen LogP contribution in [0.15, 0.2) is 6.20 Å². The van der Waals surface area contributed by atoms with Crippen LogP contribution in [0.4, 0.5) is 0 Å². The largest absolute Gasteiger partial charge is 0.317 e. The summed E-state index contributed by atoms with van der Waals surface area (Å²) in [6, 6.07) is 0. The van der Waals surface area contributed by atoms with Gasteiger partial charge in [0.05, 0.1) is 16.9 Å². The van der Waals surface area contributed by atoms with Gasteiger partial charge in [0.2, 0.25) is 0 Å². The van der Waals surface area contributed by atoms with Crippen LogP contribution in [0.5, 0.6) is 0 Å². The Morgan fingerprint density at radius 1 is 1.40 bits per heavy atom. The van der Waals surface area contributed by atoms with E-state index in [1.165, 1.54) is 12.8 Å². The predicted molar refractivity (Wildman–Crippen MR) is 64.4 cm³/mol. The summed E-state index contributed by atoms with van der Waals surface area (Å²) in [6.07, 6.45) is 5.26. The molecular formula is C11H20ClN3. The Morgan fingerprint density at radius 3 is 2.80 bits per heavy atom. The van der Waals surface area contributed by atoms with Crippen LogP contribution in [0, 0.1) is 6.92 Å². The molecule has 0 aliphatic rings. The zero-order valence-electron chi connectivity index (χ0n) is 9.59. The Hall–Kier alpha value is -0.540. The maximum Gasteiger partial charge on any atom is 0.0814 e. The zero-order valence-corrected chi connectivity index (χ0v) is 10.3. The van der Waals surface area contributed by atoms with E-state index in [0.29, 0.717) is 0 Å². The van der Waals surface area contributed by atoms with Gasteiger partial charge in [-0.1, -0.05) is 18.5 Å². The molecule has 0 aromatic carbocycles. The molecule has 0 aliphatic heterocycles. The van der Waals surface area contributed by atoms with E-state index in [1.807, 2.05) is 11.6 Å². The lowest BCUT2D eigenvalue weighted by atomic mass is 10.3. The van der Waals surface area contributed by atoms with E-state index < -0.39 is 0 Å². The van der Waals surface area contributed by atoms with Crippen molar-refractivity contribution in [1.82, 2.24) is 15.1 Å². The molecule has 0 aliphatic carbocycles. The first kappa shape index (κ1) is 12.5. The van der Waals surface area contributed by atoms with Crippen LogP contribution in [-0.2, 0) is 6.54 Å². The Bertz CT molecular complexity index is 283. The standard InChI is InChI=1S/C11H20ClN3/c1-3-6-13-7-4-5-8-15-10(2)11(12)9-14-15/h9,13H,3-8H2,1-2H3. The summed E-state index contributed by atoms with van der Waals surface area (Å²) in [6.45, 7) is 7.37. The molecule has 15 heavy (non-hydrogen) atoms. The SMILES string of the molecule is CCCNCCCCn1ncc(Cl)c1C. The molecule has 0 unspecified atom stereocenters. The summed E-state index contributed by atoms with van der Waals surface area (Å²) in [5.74, 6) is 0. The maximum atomic E-state index is 5.92. The molecule has 86 valence electrons. The highest BCUT2D eigenvalue weighted by Gasteiger charge is 2.02. The third kappa shape index (κ3) is 4.22. The van der Waals surface area contributed by atoms with Gasteiger partial charge in [-0.05, 0) is 39.3 Å². The van der Waals surface area contributed by atoms with E-state index in [-0.39, 0.29) is 0 Å². The highest BCUT2D eigenvalue weighted by molar-refractivity contribution is 6.31. The number of rotatable bonds is 7. The first-order chi connectivity index (χ1) is 7.25. The van der Waals surface area contributed by atoms with E-state index >= 15 is 0 Å². The first-order valence-corrected chi connectivity index (χ1v) is 6.02. The Morgan fingerprint density at radius 2 is 2.20 bits per heavy atom. The second kappa shape index (κ2) is 6.85. The normalized spacial score (nSPS) is 10.9. The molecule has 4 heteroatoms. The third-order valence-electron chi connectivity index (χ3n) is 2.44. The molecule has 0 fully saturated rings. The van der Waals surface area contributed by atoms with Crippen LogP contribution in [0.2, 0.25) is 5.02 Å². The fraction of sp³-hybridized carbons (Fsp3) is 0.727. The molecule has 1 aromatic heterocycles. The number of hydrogen-bond donors (Lipinski definition) is 1. The van der Waals surface area contributed by atoms with E-state index in [0.717, 1.165) is 36.8 Å². The molecule has 0 spiro atoms. The molecule has 0 saturated carbocycles. The summed E-state index contributed by atoms with van der Waals surface area (Å²) >= 11 is 5.92. The van der Waals surface area contributed by atoms with Crippen LogP contribution in [0.25, 0.3) is 0 Å². The number of nitrogens with one attached hydrogen (secondary N) is 1. The van der Waals surface area contributed by atoms with Gasteiger partial charge in [-0.25, -0.2) is 0 Å². The molecule has 1 heterocycles. The van der Waals surface area contributed by atoms with Crippen LogP contribution in [0.1, 0.15) is 31.9 Å². The minimum atomic E-state index is 0.763. The van der Waals surface area contributed by atoms with Crippen molar-refractivity contribution in [2.45, 2.75) is 39.7 Å². The second-order valence-electron chi connectivity index (χ2n) is 3.76. The van der Waals surface area contributed by atoms with Gasteiger partial charge < -0.3 is 5.32 Å². The van der Waals surface area contributed by atoms with Crippen molar-refractivity contribution in [1.29, 1.82) is 0 Å². The predicted octanol–water partition coefficient (Wildman–Crippen LogP) is 2.62. The average Bonchev–Trinajstić information content (AvgIpc) is 2.54. The zero-order chi connectivity index (χ0) is 11.1. The van der Waals surface area contributed by atoms with E-state index in [2.05, 4.69) is 17.3 Å². The molecule has 0 radical (unpaired) electrons. The molecule has 0 amide bonds. The highest BCUT2D eigenvalue weighted by atomic mass is 35.5. The molecule has 3 nitrogen and oxygen atoms in total. The fourth-order valence-electron chi connectivity index (χ4n) is 1.46. The fourth-order valence-corrected chi connectivity index (χ4v) is 1.60. The van der Waals surface area contributed by atoms with Gasteiger partial charge in [0.25, 0.3) is 0 Å². The second-order valence-corrected chi connectivity index (χ2v) is 4.17. The number of aromatic nitrogens is 2. The van der Waals surface area contributed by atoms with E-state index in [4.69, 9.17) is 11.6 Å². The van der Waals surface area contributed by atoms with E-state index in [1.54, 1.807) is 6.20 Å². The molecule has 0 saturated heterocycles. The number of unbranched alkanes of at least 4 members (excludes halogenated alkanes) is 1. The lowest BCUT2D eigenvalue weighted by Crippen LogP contribution is -2.16. The van der Waals surface area contributed by atoms with Gasteiger partial charge in [0.1, 0.15) is 0 Å². The van der Waals surface area contributed by atoms with Crippen LogP contribution in [0.3, 0.4) is 0 Å². The van der Waals surface area contributed by atoms with Gasteiger partial charge in [-0.15, -0.1) is 0 Å². The van der Waals surface area contributed by atoms with Crippen molar-refractivity contribution >= 4 is 11.6 Å². The van der Waals surface area contributed by atoms with Gasteiger partial charge in [-0.3, -0.25) is 4.68 Å². The molecule has 0 atom stereocenters. The minimum absolute atomic E-state index is 0.763. The summed E-state index contributed by atoms with van der Waals surface area (Å²) in [4.78, 5) is 0. The van der Waals surface area contributed by atoms with Crippen LogP contribution in [-0.4, -0.2) is 22.9 Å². The lowest BCUT2D eigenvalue weighted by molar-refractivity contribution is 0.526. The number of aryl methyl sites for hydroxylation is 1. The third-order valence-corrected chi connectivity index (χ3v) is 2.81. The van der Waals surface area contributed by atoms with Crippen molar-refractivity contribution in [3.8, 4) is 0 Å².